The predicted molar refractivity (Wildman–Crippen MR) is 146 cm³/mol. The molecule has 0 aromatic heterocycles. The number of carbonyl (C=O) groups is 2. The Balaban J connectivity index is 2.23. The second-order valence-corrected chi connectivity index (χ2v) is 10.2. The molecule has 0 heterocycles. The third-order valence-electron chi connectivity index (χ3n) is 6.77. The average molecular weight is 473 g/mol. The largest absolute Gasteiger partial charge is 0.346 e. The van der Waals surface area contributed by atoms with E-state index in [4.69, 9.17) is 5.41 Å². The number of Topliss-reactive ketones (excluding diaryl/α,β-unsaturated/α-hetero) is 1. The zero-order valence-electron chi connectivity index (χ0n) is 22.1. The maximum Gasteiger partial charge on any atom is 0.251 e. The molecule has 2 aromatic carbocycles. The summed E-state index contributed by atoms with van der Waals surface area (Å²) < 4.78 is 0. The summed E-state index contributed by atoms with van der Waals surface area (Å²) in [5, 5.41) is 11.0. The molecule has 1 amide bonds. The highest BCUT2D eigenvalue weighted by Crippen LogP contribution is 2.34. The summed E-state index contributed by atoms with van der Waals surface area (Å²) in [4.78, 5) is 26.2. The van der Waals surface area contributed by atoms with Crippen LogP contribution in [-0.2, 0) is 11.2 Å². The summed E-state index contributed by atoms with van der Waals surface area (Å²) in [5.74, 6) is 0.206. The molecule has 186 valence electrons. The quantitative estimate of drug-likeness (QED) is 0.195. The Hall–Kier alpha value is -3.27. The second kappa shape index (κ2) is 12.4. The number of ketones is 1. The number of allylic oxidation sites excluding steroid dienone is 3. The van der Waals surface area contributed by atoms with Crippen LogP contribution in [0.4, 0.5) is 0 Å². The Morgan fingerprint density at radius 3 is 2.34 bits per heavy atom. The molecule has 4 heteroatoms. The van der Waals surface area contributed by atoms with Gasteiger partial charge in [0.15, 0.2) is 5.78 Å². The summed E-state index contributed by atoms with van der Waals surface area (Å²) in [5.41, 5.74) is 4.41. The molecule has 0 bridgehead atoms. The summed E-state index contributed by atoms with van der Waals surface area (Å²) in [7, 11) is 0. The predicted octanol–water partition coefficient (Wildman–Crippen LogP) is 7.19. The zero-order valence-corrected chi connectivity index (χ0v) is 22.1. The van der Waals surface area contributed by atoms with E-state index in [0.717, 1.165) is 16.7 Å². The fourth-order valence-electron chi connectivity index (χ4n) is 4.00. The van der Waals surface area contributed by atoms with Gasteiger partial charge in [0.1, 0.15) is 0 Å². The Labute approximate surface area is 211 Å². The molecule has 0 unspecified atom stereocenters. The Kier molecular flexibility index (Phi) is 9.94. The molecule has 2 aromatic rings. The van der Waals surface area contributed by atoms with Gasteiger partial charge in [0.25, 0.3) is 5.91 Å². The summed E-state index contributed by atoms with van der Waals surface area (Å²) in [6.07, 6.45) is 5.01. The van der Waals surface area contributed by atoms with Gasteiger partial charge in [0, 0.05) is 24.1 Å². The molecule has 2 atom stereocenters. The molecule has 4 nitrogen and oxygen atoms in total. The Morgan fingerprint density at radius 1 is 1.11 bits per heavy atom. The Morgan fingerprint density at radius 2 is 1.77 bits per heavy atom. The molecule has 0 spiro atoms. The van der Waals surface area contributed by atoms with Crippen molar-refractivity contribution in [1.29, 1.82) is 5.41 Å². The number of aryl methyl sites for hydroxylation is 1. The van der Waals surface area contributed by atoms with E-state index >= 15 is 0 Å². The van der Waals surface area contributed by atoms with Gasteiger partial charge in [-0.1, -0.05) is 74.9 Å². The molecule has 0 radical (unpaired) electrons. The van der Waals surface area contributed by atoms with E-state index in [9.17, 15) is 9.59 Å². The smallest absolute Gasteiger partial charge is 0.251 e. The van der Waals surface area contributed by atoms with E-state index in [0.29, 0.717) is 36.1 Å². The minimum absolute atomic E-state index is 0.0509. The molecule has 2 rings (SSSR count). The highest BCUT2D eigenvalue weighted by Gasteiger charge is 2.29. The second-order valence-electron chi connectivity index (χ2n) is 10.2. The number of hydrogen-bond donors (Lipinski definition) is 2. The van der Waals surface area contributed by atoms with E-state index < -0.39 is 0 Å². The third-order valence-corrected chi connectivity index (χ3v) is 6.77. The highest BCUT2D eigenvalue weighted by molar-refractivity contribution is 6.01. The fraction of sp³-hybridized carbons (Fsp3) is 0.387. The highest BCUT2D eigenvalue weighted by atomic mass is 16.1. The van der Waals surface area contributed by atoms with Gasteiger partial charge in [-0.25, -0.2) is 0 Å². The first-order valence-electron chi connectivity index (χ1n) is 12.3. The lowest BCUT2D eigenvalue weighted by atomic mass is 9.74. The van der Waals surface area contributed by atoms with Crippen molar-refractivity contribution in [2.24, 2.45) is 11.3 Å². The van der Waals surface area contributed by atoms with Gasteiger partial charge in [-0.05, 0) is 67.4 Å². The molecule has 2 N–H and O–H groups in total. The van der Waals surface area contributed by atoms with Gasteiger partial charge in [0.05, 0.1) is 6.04 Å². The molecule has 0 fully saturated rings. The number of rotatable bonds is 12. The molecule has 0 saturated heterocycles. The van der Waals surface area contributed by atoms with E-state index in [-0.39, 0.29) is 29.1 Å². The first kappa shape index (κ1) is 28.0. The molecule has 0 aliphatic carbocycles. The van der Waals surface area contributed by atoms with Crippen molar-refractivity contribution in [2.45, 2.75) is 66.8 Å². The van der Waals surface area contributed by atoms with Gasteiger partial charge in [-0.3, -0.25) is 9.59 Å². The van der Waals surface area contributed by atoms with Gasteiger partial charge in [-0.15, -0.1) is 6.58 Å². The van der Waals surface area contributed by atoms with Gasteiger partial charge in [0.2, 0.25) is 0 Å². The van der Waals surface area contributed by atoms with Crippen LogP contribution >= 0.6 is 0 Å². The van der Waals surface area contributed by atoms with Crippen molar-refractivity contribution in [3.05, 3.63) is 95.1 Å². The number of amides is 1. The van der Waals surface area contributed by atoms with Crippen molar-refractivity contribution in [3.63, 3.8) is 0 Å². The van der Waals surface area contributed by atoms with Gasteiger partial charge in [-0.2, -0.15) is 0 Å². The minimum atomic E-state index is -0.295. The molecular formula is C31H40N2O2. The van der Waals surface area contributed by atoms with Crippen LogP contribution in [0.15, 0.2) is 72.8 Å². The molecule has 0 aliphatic heterocycles. The average Bonchev–Trinajstić information content (AvgIpc) is 2.81. The lowest BCUT2D eigenvalue weighted by Crippen LogP contribution is -2.26. The van der Waals surface area contributed by atoms with E-state index in [1.165, 1.54) is 0 Å². The molecular weight excluding hydrogens is 432 g/mol. The van der Waals surface area contributed by atoms with Crippen LogP contribution in [-0.4, -0.2) is 17.4 Å². The van der Waals surface area contributed by atoms with Crippen molar-refractivity contribution in [2.75, 3.05) is 0 Å². The molecule has 0 saturated carbocycles. The van der Waals surface area contributed by atoms with Crippen molar-refractivity contribution < 1.29 is 9.59 Å². The van der Waals surface area contributed by atoms with Crippen molar-refractivity contribution >= 4 is 17.4 Å². The van der Waals surface area contributed by atoms with E-state index in [1.54, 1.807) is 6.92 Å². The van der Waals surface area contributed by atoms with Gasteiger partial charge >= 0.3 is 0 Å². The zero-order chi connectivity index (χ0) is 26.2. The van der Waals surface area contributed by atoms with Crippen LogP contribution in [0.2, 0.25) is 0 Å². The van der Waals surface area contributed by atoms with Crippen LogP contribution in [0.1, 0.15) is 80.6 Å². The lowest BCUT2D eigenvalue weighted by Gasteiger charge is -2.30. The molecule has 35 heavy (non-hydrogen) atoms. The van der Waals surface area contributed by atoms with Crippen molar-refractivity contribution in [1.82, 2.24) is 5.32 Å². The van der Waals surface area contributed by atoms with Crippen LogP contribution in [0, 0.1) is 23.7 Å². The first-order chi connectivity index (χ1) is 16.4. The summed E-state index contributed by atoms with van der Waals surface area (Å²) in [6, 6.07) is 15.6. The van der Waals surface area contributed by atoms with E-state index in [2.05, 4.69) is 32.7 Å². The topological polar surface area (TPSA) is 70.0 Å². The number of nitrogens with one attached hydrogen (secondary N) is 2. The Bertz CT molecular complexity index is 1100. The first-order valence-corrected chi connectivity index (χ1v) is 12.3. The maximum absolute atomic E-state index is 13.2. The molecule has 0 aliphatic rings. The number of carbonyl (C=O) groups excluding carboxylic acids is 2. The SMILES string of the molecule is C=C[C@@](C)(CC(=O)/C(=C\Cc1cc(C)cc(C(=O)N[C@@H](C)c2ccccc2)c1)CC(C)=N)C(C)C. The summed E-state index contributed by atoms with van der Waals surface area (Å²) >= 11 is 0. The lowest BCUT2D eigenvalue weighted by molar-refractivity contribution is -0.117. The minimum Gasteiger partial charge on any atom is -0.346 e. The van der Waals surface area contributed by atoms with Crippen LogP contribution < -0.4 is 5.32 Å². The number of hydrogen-bond acceptors (Lipinski definition) is 3. The standard InChI is InChI=1S/C31H40N2O2/c1-8-31(7,21(2)3)20-29(34)27(18-23(5)32)15-14-25-16-22(4)17-28(19-25)30(35)33-24(6)26-12-10-9-11-13-26/h8-13,15-17,19,21,24,32H,1,14,18,20H2,2-7H3,(H,33,35)/b27-15-,32-23?/t24-,31-/m0/s1. The fourth-order valence-corrected chi connectivity index (χ4v) is 4.00. The van der Waals surface area contributed by atoms with Crippen LogP contribution in [0.25, 0.3) is 0 Å². The normalized spacial score (nSPS) is 14.2. The third kappa shape index (κ3) is 8.17. The van der Waals surface area contributed by atoms with E-state index in [1.807, 2.05) is 74.5 Å². The number of benzene rings is 2. The van der Waals surface area contributed by atoms with Crippen LogP contribution in [0.5, 0.6) is 0 Å². The summed E-state index contributed by atoms with van der Waals surface area (Å²) in [6.45, 7) is 15.9. The monoisotopic (exact) mass is 472 g/mol. The van der Waals surface area contributed by atoms with Gasteiger partial charge < -0.3 is 10.7 Å². The van der Waals surface area contributed by atoms with Crippen LogP contribution in [0.3, 0.4) is 0 Å². The van der Waals surface area contributed by atoms with Crippen molar-refractivity contribution in [3.8, 4) is 0 Å². The maximum atomic E-state index is 13.2.